The Morgan fingerprint density at radius 1 is 1.18 bits per heavy atom. The highest BCUT2D eigenvalue weighted by molar-refractivity contribution is 7.11. The highest BCUT2D eigenvalue weighted by Gasteiger charge is 2.06. The van der Waals surface area contributed by atoms with Crippen LogP contribution in [-0.4, -0.2) is 19.0 Å². The Morgan fingerprint density at radius 2 is 1.95 bits per heavy atom. The average molecular weight is 315 g/mol. The molecule has 0 bridgehead atoms. The molecule has 0 amide bonds. The van der Waals surface area contributed by atoms with Gasteiger partial charge in [-0.05, 0) is 44.4 Å². The van der Waals surface area contributed by atoms with Gasteiger partial charge in [-0.15, -0.1) is 11.3 Å². The third-order valence-electron chi connectivity index (χ3n) is 3.54. The average Bonchev–Trinajstić information content (AvgIpc) is 2.96. The summed E-state index contributed by atoms with van der Waals surface area (Å²) in [6, 6.07) is 15.3. The molecule has 0 saturated carbocycles. The number of hydrogen-bond acceptors (Lipinski definition) is 2. The maximum atomic E-state index is 4.30. The van der Waals surface area contributed by atoms with Crippen molar-refractivity contribution in [1.82, 2.24) is 10.6 Å². The molecule has 1 unspecified atom stereocenters. The van der Waals surface area contributed by atoms with Crippen LogP contribution in [0.4, 0.5) is 0 Å². The number of aliphatic imine (C=N–C) groups is 1. The summed E-state index contributed by atoms with van der Waals surface area (Å²) in [5.41, 5.74) is 1.38. The van der Waals surface area contributed by atoms with E-state index in [-0.39, 0.29) is 0 Å². The van der Waals surface area contributed by atoms with Gasteiger partial charge in [0.25, 0.3) is 0 Å². The van der Waals surface area contributed by atoms with Gasteiger partial charge in [0, 0.05) is 22.8 Å². The van der Waals surface area contributed by atoms with Gasteiger partial charge in [0.1, 0.15) is 0 Å². The van der Waals surface area contributed by atoms with Crippen molar-refractivity contribution < 1.29 is 0 Å². The zero-order valence-electron chi connectivity index (χ0n) is 13.6. The van der Waals surface area contributed by atoms with E-state index in [1.54, 1.807) is 0 Å². The first-order chi connectivity index (χ1) is 10.7. The van der Waals surface area contributed by atoms with Gasteiger partial charge in [0.15, 0.2) is 5.96 Å². The Kier molecular flexibility index (Phi) is 6.46. The topological polar surface area (TPSA) is 36.4 Å². The van der Waals surface area contributed by atoms with Gasteiger partial charge in [-0.1, -0.05) is 30.3 Å². The van der Waals surface area contributed by atoms with Crippen LogP contribution < -0.4 is 10.6 Å². The van der Waals surface area contributed by atoms with Gasteiger partial charge >= 0.3 is 0 Å². The van der Waals surface area contributed by atoms with Gasteiger partial charge in [0.05, 0.1) is 6.54 Å². The summed E-state index contributed by atoms with van der Waals surface area (Å²) in [5, 5.41) is 6.83. The van der Waals surface area contributed by atoms with Gasteiger partial charge < -0.3 is 10.6 Å². The summed E-state index contributed by atoms with van der Waals surface area (Å²) in [6.45, 7) is 5.15. The number of guanidine groups is 1. The first kappa shape index (κ1) is 16.6. The molecular weight excluding hydrogens is 290 g/mol. The number of hydrogen-bond donors (Lipinski definition) is 2. The fraction of sp³-hybridized carbons (Fsp3) is 0.389. The molecule has 0 aliphatic rings. The van der Waals surface area contributed by atoms with Crippen LogP contribution in [0.5, 0.6) is 0 Å². The summed E-state index contributed by atoms with van der Waals surface area (Å²) in [6.07, 6.45) is 2.17. The van der Waals surface area contributed by atoms with Crippen LogP contribution in [0, 0.1) is 6.92 Å². The summed E-state index contributed by atoms with van der Waals surface area (Å²) in [4.78, 5) is 6.98. The lowest BCUT2D eigenvalue weighted by molar-refractivity contribution is 0.593. The van der Waals surface area contributed by atoms with E-state index in [9.17, 15) is 0 Å². The standard InChI is InChI=1S/C18H25N3S/c1-14(9-11-16-7-5-4-6-8-16)21-18(19-3)20-13-17-12-10-15(2)22-17/h4-8,10,12,14H,9,11,13H2,1-3H3,(H2,19,20,21). The van der Waals surface area contributed by atoms with Crippen LogP contribution in [0.3, 0.4) is 0 Å². The Morgan fingerprint density at radius 3 is 2.59 bits per heavy atom. The number of aryl methyl sites for hydroxylation is 2. The van der Waals surface area contributed by atoms with E-state index in [1.807, 2.05) is 18.4 Å². The molecule has 0 aliphatic heterocycles. The first-order valence-electron chi connectivity index (χ1n) is 7.74. The maximum absolute atomic E-state index is 4.30. The van der Waals surface area contributed by atoms with Crippen LogP contribution in [0.1, 0.15) is 28.7 Å². The zero-order valence-corrected chi connectivity index (χ0v) is 14.4. The molecular formula is C18H25N3S. The Balaban J connectivity index is 1.74. The van der Waals surface area contributed by atoms with Crippen LogP contribution in [0.25, 0.3) is 0 Å². The molecule has 118 valence electrons. The van der Waals surface area contributed by atoms with E-state index in [1.165, 1.54) is 15.3 Å². The van der Waals surface area contributed by atoms with Crippen molar-refractivity contribution in [2.24, 2.45) is 4.99 Å². The van der Waals surface area contributed by atoms with Crippen LogP contribution in [-0.2, 0) is 13.0 Å². The van der Waals surface area contributed by atoms with E-state index >= 15 is 0 Å². The number of nitrogens with one attached hydrogen (secondary N) is 2. The van der Waals surface area contributed by atoms with E-state index in [0.717, 1.165) is 25.3 Å². The second-order valence-electron chi connectivity index (χ2n) is 5.51. The van der Waals surface area contributed by atoms with Gasteiger partial charge in [-0.2, -0.15) is 0 Å². The predicted molar refractivity (Wildman–Crippen MR) is 96.6 cm³/mol. The quantitative estimate of drug-likeness (QED) is 0.629. The van der Waals surface area contributed by atoms with Gasteiger partial charge in [0.2, 0.25) is 0 Å². The van der Waals surface area contributed by atoms with Gasteiger partial charge in [-0.3, -0.25) is 4.99 Å². The molecule has 0 radical (unpaired) electrons. The molecule has 1 heterocycles. The van der Waals surface area contributed by atoms with Crippen LogP contribution in [0.15, 0.2) is 47.5 Å². The van der Waals surface area contributed by atoms with Crippen molar-refractivity contribution in [2.75, 3.05) is 7.05 Å². The van der Waals surface area contributed by atoms with Crippen LogP contribution >= 0.6 is 11.3 Å². The molecule has 1 atom stereocenters. The molecule has 1 aromatic carbocycles. The molecule has 0 spiro atoms. The fourth-order valence-corrected chi connectivity index (χ4v) is 3.11. The van der Waals surface area contributed by atoms with Crippen molar-refractivity contribution in [1.29, 1.82) is 0 Å². The Hall–Kier alpha value is -1.81. The molecule has 2 rings (SSSR count). The van der Waals surface area contributed by atoms with E-state index in [4.69, 9.17) is 0 Å². The fourth-order valence-electron chi connectivity index (χ4n) is 2.28. The van der Waals surface area contributed by atoms with Crippen LogP contribution in [0.2, 0.25) is 0 Å². The molecule has 0 aliphatic carbocycles. The normalized spacial score (nSPS) is 13.0. The number of benzene rings is 1. The molecule has 2 N–H and O–H groups in total. The SMILES string of the molecule is CN=C(NCc1ccc(C)s1)NC(C)CCc1ccccc1. The molecule has 1 aromatic heterocycles. The monoisotopic (exact) mass is 315 g/mol. The number of thiophene rings is 1. The molecule has 4 heteroatoms. The second kappa shape index (κ2) is 8.59. The summed E-state index contributed by atoms with van der Waals surface area (Å²) in [7, 11) is 1.82. The largest absolute Gasteiger partial charge is 0.354 e. The van der Waals surface area contributed by atoms with E-state index in [0.29, 0.717) is 6.04 Å². The lowest BCUT2D eigenvalue weighted by Gasteiger charge is -2.17. The van der Waals surface area contributed by atoms with Crippen molar-refractivity contribution in [3.05, 3.63) is 57.8 Å². The second-order valence-corrected chi connectivity index (χ2v) is 6.88. The Labute approximate surface area is 137 Å². The predicted octanol–water partition coefficient (Wildman–Crippen LogP) is 3.74. The minimum Gasteiger partial charge on any atom is -0.354 e. The summed E-state index contributed by atoms with van der Waals surface area (Å²) in [5.74, 6) is 0.867. The lowest BCUT2D eigenvalue weighted by atomic mass is 10.1. The minimum atomic E-state index is 0.386. The molecule has 3 nitrogen and oxygen atoms in total. The van der Waals surface area contributed by atoms with E-state index < -0.39 is 0 Å². The lowest BCUT2D eigenvalue weighted by Crippen LogP contribution is -2.41. The van der Waals surface area contributed by atoms with Gasteiger partial charge in [-0.25, -0.2) is 0 Å². The van der Waals surface area contributed by atoms with E-state index in [2.05, 4.69) is 71.9 Å². The molecule has 2 aromatic rings. The Bertz CT molecular complexity index is 589. The number of rotatable bonds is 6. The first-order valence-corrected chi connectivity index (χ1v) is 8.55. The third kappa shape index (κ3) is 5.53. The van der Waals surface area contributed by atoms with Crippen molar-refractivity contribution in [3.8, 4) is 0 Å². The maximum Gasteiger partial charge on any atom is 0.191 e. The summed E-state index contributed by atoms with van der Waals surface area (Å²) < 4.78 is 0. The van der Waals surface area contributed by atoms with Crippen molar-refractivity contribution >= 4 is 17.3 Å². The molecule has 22 heavy (non-hydrogen) atoms. The molecule has 0 saturated heterocycles. The smallest absolute Gasteiger partial charge is 0.191 e. The van der Waals surface area contributed by atoms with Crippen molar-refractivity contribution in [2.45, 2.75) is 39.3 Å². The molecule has 0 fully saturated rings. The zero-order chi connectivity index (χ0) is 15.8. The highest BCUT2D eigenvalue weighted by atomic mass is 32.1. The third-order valence-corrected chi connectivity index (χ3v) is 4.54. The highest BCUT2D eigenvalue weighted by Crippen LogP contribution is 2.14. The number of nitrogens with zero attached hydrogens (tertiary/aromatic N) is 1. The van der Waals surface area contributed by atoms with Crippen molar-refractivity contribution in [3.63, 3.8) is 0 Å². The minimum absolute atomic E-state index is 0.386. The summed E-state index contributed by atoms with van der Waals surface area (Å²) >= 11 is 1.82.